The number of esters is 1. The molecule has 0 spiro atoms. The minimum Gasteiger partial charge on any atom is -0.496 e. The third-order valence-corrected chi connectivity index (χ3v) is 2.37. The fraction of sp³-hybridized carbons (Fsp3) is 0.154. The van der Waals surface area contributed by atoms with Crippen LogP contribution in [0.4, 0.5) is 0 Å². The van der Waals surface area contributed by atoms with E-state index < -0.39 is 5.97 Å². The van der Waals surface area contributed by atoms with E-state index in [2.05, 4.69) is 4.74 Å². The van der Waals surface area contributed by atoms with Gasteiger partial charge >= 0.3 is 5.97 Å². The molecule has 0 amide bonds. The summed E-state index contributed by atoms with van der Waals surface area (Å²) >= 11 is 0. The molecule has 0 N–H and O–H groups in total. The number of rotatable bonds is 3. The molecule has 0 aliphatic carbocycles. The monoisotopic (exact) mass is 232 g/mol. The van der Waals surface area contributed by atoms with Gasteiger partial charge in [-0.1, -0.05) is 12.1 Å². The highest BCUT2D eigenvalue weighted by Crippen LogP contribution is 2.30. The summed E-state index contributed by atoms with van der Waals surface area (Å²) in [4.78, 5) is 11.3. The van der Waals surface area contributed by atoms with Crippen molar-refractivity contribution in [2.24, 2.45) is 0 Å². The number of benzene rings is 1. The van der Waals surface area contributed by atoms with Gasteiger partial charge in [-0.3, -0.25) is 0 Å². The fourth-order valence-corrected chi connectivity index (χ4v) is 1.54. The van der Waals surface area contributed by atoms with Crippen LogP contribution in [0.3, 0.4) is 0 Å². The molecule has 0 saturated carbocycles. The van der Waals surface area contributed by atoms with Crippen molar-refractivity contribution in [3.8, 4) is 17.1 Å². The number of furan rings is 1. The van der Waals surface area contributed by atoms with Crippen LogP contribution in [0.25, 0.3) is 11.3 Å². The van der Waals surface area contributed by atoms with E-state index in [0.29, 0.717) is 11.5 Å². The summed E-state index contributed by atoms with van der Waals surface area (Å²) in [6.45, 7) is 0. The second-order valence-electron chi connectivity index (χ2n) is 3.36. The molecule has 4 nitrogen and oxygen atoms in total. The Hall–Kier alpha value is -2.23. The number of carbonyl (C=O) groups excluding carboxylic acids is 1. The zero-order chi connectivity index (χ0) is 12.3. The SMILES string of the molecule is COC(=O)c1ccc(-c2ccccc2OC)o1. The Kier molecular flexibility index (Phi) is 3.14. The van der Waals surface area contributed by atoms with Crippen molar-refractivity contribution in [3.05, 3.63) is 42.2 Å². The standard InChI is InChI=1S/C13H12O4/c1-15-10-6-4-3-5-9(10)11-7-8-12(17-11)13(14)16-2/h3-8H,1-2H3. The van der Waals surface area contributed by atoms with Crippen LogP contribution in [0.1, 0.15) is 10.6 Å². The van der Waals surface area contributed by atoms with E-state index in [-0.39, 0.29) is 5.76 Å². The molecular formula is C13H12O4. The predicted octanol–water partition coefficient (Wildman–Crippen LogP) is 2.74. The van der Waals surface area contributed by atoms with E-state index >= 15 is 0 Å². The first-order valence-electron chi connectivity index (χ1n) is 5.08. The number of para-hydroxylation sites is 1. The van der Waals surface area contributed by atoms with Gasteiger partial charge in [-0.15, -0.1) is 0 Å². The second kappa shape index (κ2) is 4.74. The molecule has 0 aliphatic rings. The average molecular weight is 232 g/mol. The first-order chi connectivity index (χ1) is 8.26. The van der Waals surface area contributed by atoms with Gasteiger partial charge in [0.2, 0.25) is 5.76 Å². The highest BCUT2D eigenvalue weighted by molar-refractivity contribution is 5.87. The van der Waals surface area contributed by atoms with Gasteiger partial charge < -0.3 is 13.9 Å². The summed E-state index contributed by atoms with van der Waals surface area (Å²) in [7, 11) is 2.90. The minimum atomic E-state index is -0.494. The van der Waals surface area contributed by atoms with Gasteiger partial charge in [0.1, 0.15) is 11.5 Å². The first-order valence-corrected chi connectivity index (χ1v) is 5.08. The Balaban J connectivity index is 2.40. The number of hydrogen-bond acceptors (Lipinski definition) is 4. The maximum absolute atomic E-state index is 11.3. The molecule has 1 aromatic heterocycles. The molecule has 0 unspecified atom stereocenters. The van der Waals surface area contributed by atoms with E-state index in [1.54, 1.807) is 19.2 Å². The van der Waals surface area contributed by atoms with Crippen LogP contribution in [0.15, 0.2) is 40.8 Å². The van der Waals surface area contributed by atoms with Gasteiger partial charge in [-0.25, -0.2) is 4.79 Å². The molecule has 0 fully saturated rings. The van der Waals surface area contributed by atoms with Crippen LogP contribution in [0.5, 0.6) is 5.75 Å². The highest BCUT2D eigenvalue weighted by atomic mass is 16.5. The molecule has 2 rings (SSSR count). The largest absolute Gasteiger partial charge is 0.496 e. The van der Waals surface area contributed by atoms with Gasteiger partial charge in [0.25, 0.3) is 0 Å². The molecule has 0 saturated heterocycles. The van der Waals surface area contributed by atoms with Crippen molar-refractivity contribution >= 4 is 5.97 Å². The van der Waals surface area contributed by atoms with Gasteiger partial charge in [-0.2, -0.15) is 0 Å². The van der Waals surface area contributed by atoms with Crippen molar-refractivity contribution in [1.29, 1.82) is 0 Å². The maximum atomic E-state index is 11.3. The number of ether oxygens (including phenoxy) is 2. The van der Waals surface area contributed by atoms with Gasteiger partial charge in [-0.05, 0) is 24.3 Å². The summed E-state index contributed by atoms with van der Waals surface area (Å²) in [5, 5.41) is 0. The number of hydrogen-bond donors (Lipinski definition) is 0. The van der Waals surface area contributed by atoms with Crippen LogP contribution in [0, 0.1) is 0 Å². The highest BCUT2D eigenvalue weighted by Gasteiger charge is 2.14. The summed E-state index contributed by atoms with van der Waals surface area (Å²) < 4.78 is 15.2. The predicted molar refractivity (Wildman–Crippen MR) is 62.0 cm³/mol. The topological polar surface area (TPSA) is 48.7 Å². The summed E-state index contributed by atoms with van der Waals surface area (Å²) in [6.07, 6.45) is 0. The van der Waals surface area contributed by atoms with E-state index in [9.17, 15) is 4.79 Å². The fourth-order valence-electron chi connectivity index (χ4n) is 1.54. The van der Waals surface area contributed by atoms with Crippen LogP contribution in [0.2, 0.25) is 0 Å². The van der Waals surface area contributed by atoms with E-state index in [0.717, 1.165) is 5.56 Å². The lowest BCUT2D eigenvalue weighted by molar-refractivity contribution is 0.0566. The Morgan fingerprint density at radius 1 is 1.12 bits per heavy atom. The van der Waals surface area contributed by atoms with Crippen LogP contribution >= 0.6 is 0 Å². The molecule has 88 valence electrons. The van der Waals surface area contributed by atoms with Crippen molar-refractivity contribution in [3.63, 3.8) is 0 Å². The lowest BCUT2D eigenvalue weighted by atomic mass is 10.1. The minimum absolute atomic E-state index is 0.174. The third-order valence-electron chi connectivity index (χ3n) is 2.37. The summed E-state index contributed by atoms with van der Waals surface area (Å²) in [5.41, 5.74) is 0.796. The lowest BCUT2D eigenvalue weighted by Crippen LogP contribution is -1.98. The lowest BCUT2D eigenvalue weighted by Gasteiger charge is -2.04. The molecule has 17 heavy (non-hydrogen) atoms. The Morgan fingerprint density at radius 3 is 2.59 bits per heavy atom. The van der Waals surface area contributed by atoms with Gasteiger partial charge in [0, 0.05) is 0 Å². The first kappa shape index (κ1) is 11.3. The molecule has 0 atom stereocenters. The Labute approximate surface area is 98.8 Å². The molecule has 4 heteroatoms. The smallest absolute Gasteiger partial charge is 0.373 e. The molecule has 2 aromatic rings. The van der Waals surface area contributed by atoms with Crippen LogP contribution < -0.4 is 4.74 Å². The molecule has 0 radical (unpaired) electrons. The third kappa shape index (κ3) is 2.15. The zero-order valence-corrected chi connectivity index (χ0v) is 9.60. The molecule has 0 bridgehead atoms. The molecule has 1 heterocycles. The Morgan fingerprint density at radius 2 is 1.88 bits per heavy atom. The summed E-state index contributed by atoms with van der Waals surface area (Å²) in [6, 6.07) is 10.7. The molecule has 1 aromatic carbocycles. The summed E-state index contributed by atoms with van der Waals surface area (Å²) in [5.74, 6) is 0.945. The van der Waals surface area contributed by atoms with Crippen molar-refractivity contribution in [2.45, 2.75) is 0 Å². The zero-order valence-electron chi connectivity index (χ0n) is 9.60. The van der Waals surface area contributed by atoms with Crippen LogP contribution in [-0.4, -0.2) is 20.2 Å². The Bertz CT molecular complexity index is 528. The molecular weight excluding hydrogens is 220 g/mol. The van der Waals surface area contributed by atoms with Crippen LogP contribution in [-0.2, 0) is 4.74 Å². The van der Waals surface area contributed by atoms with Crippen molar-refractivity contribution in [1.82, 2.24) is 0 Å². The van der Waals surface area contributed by atoms with Crippen molar-refractivity contribution < 1.29 is 18.7 Å². The molecule has 0 aliphatic heterocycles. The average Bonchev–Trinajstić information content (AvgIpc) is 2.87. The van der Waals surface area contributed by atoms with E-state index in [1.165, 1.54) is 7.11 Å². The van der Waals surface area contributed by atoms with E-state index in [4.69, 9.17) is 9.15 Å². The maximum Gasteiger partial charge on any atom is 0.373 e. The second-order valence-corrected chi connectivity index (χ2v) is 3.36. The normalized spacial score (nSPS) is 10.0. The van der Waals surface area contributed by atoms with Crippen molar-refractivity contribution in [2.75, 3.05) is 14.2 Å². The van der Waals surface area contributed by atoms with Gasteiger partial charge in [0.05, 0.1) is 19.8 Å². The van der Waals surface area contributed by atoms with E-state index in [1.807, 2.05) is 24.3 Å². The number of methoxy groups -OCH3 is 2. The quantitative estimate of drug-likeness (QED) is 0.763. The number of carbonyl (C=O) groups is 1. The van der Waals surface area contributed by atoms with Gasteiger partial charge in [0.15, 0.2) is 0 Å².